The second-order valence-corrected chi connectivity index (χ2v) is 5.80. The van der Waals surface area contributed by atoms with Gasteiger partial charge >= 0.3 is 0 Å². The van der Waals surface area contributed by atoms with E-state index in [1.165, 1.54) is 23.9 Å². The van der Waals surface area contributed by atoms with Crippen molar-refractivity contribution in [3.8, 4) is 0 Å². The molecule has 0 saturated carbocycles. The van der Waals surface area contributed by atoms with Crippen molar-refractivity contribution in [2.24, 2.45) is 0 Å². The van der Waals surface area contributed by atoms with Gasteiger partial charge in [-0.3, -0.25) is 4.79 Å². The minimum absolute atomic E-state index is 0.222. The monoisotopic (exact) mass is 260 g/mol. The molecule has 96 valence electrons. The van der Waals surface area contributed by atoms with Crippen molar-refractivity contribution < 1.29 is 17.6 Å². The average molecular weight is 260 g/mol. The van der Waals surface area contributed by atoms with E-state index in [1.54, 1.807) is 6.07 Å². The number of rotatable bonds is 6. The molecule has 1 aromatic rings. The second-order valence-electron chi connectivity index (χ2n) is 3.71. The molecule has 1 aromatic heterocycles. The SMILES string of the molecule is CN(CCCNC(=O)c1ccoc1)S(C)(=O)=O. The molecule has 0 radical (unpaired) electrons. The predicted octanol–water partition coefficient (Wildman–Crippen LogP) is 0.291. The maximum atomic E-state index is 11.4. The molecule has 1 amide bonds. The molecule has 1 rings (SSSR count). The topological polar surface area (TPSA) is 79.6 Å². The van der Waals surface area contributed by atoms with Crippen molar-refractivity contribution in [1.29, 1.82) is 0 Å². The van der Waals surface area contributed by atoms with Crippen molar-refractivity contribution >= 4 is 15.9 Å². The molecule has 1 heterocycles. The van der Waals surface area contributed by atoms with Crippen LogP contribution in [-0.2, 0) is 10.0 Å². The van der Waals surface area contributed by atoms with E-state index in [9.17, 15) is 13.2 Å². The average Bonchev–Trinajstić information content (AvgIpc) is 2.75. The first-order chi connectivity index (χ1) is 7.91. The van der Waals surface area contributed by atoms with Gasteiger partial charge in [0.1, 0.15) is 6.26 Å². The van der Waals surface area contributed by atoms with Crippen LogP contribution in [0.5, 0.6) is 0 Å². The summed E-state index contributed by atoms with van der Waals surface area (Å²) in [5.74, 6) is -0.222. The van der Waals surface area contributed by atoms with Gasteiger partial charge in [0.05, 0.1) is 18.1 Å². The summed E-state index contributed by atoms with van der Waals surface area (Å²) < 4.78 is 28.2. The molecule has 0 bridgehead atoms. The van der Waals surface area contributed by atoms with E-state index in [0.29, 0.717) is 25.1 Å². The maximum Gasteiger partial charge on any atom is 0.254 e. The summed E-state index contributed by atoms with van der Waals surface area (Å²) >= 11 is 0. The Labute approximate surface area is 101 Å². The second kappa shape index (κ2) is 5.83. The molecule has 0 saturated heterocycles. The van der Waals surface area contributed by atoms with Crippen LogP contribution < -0.4 is 5.32 Å². The summed E-state index contributed by atoms with van der Waals surface area (Å²) in [5.41, 5.74) is 0.460. The summed E-state index contributed by atoms with van der Waals surface area (Å²) in [4.78, 5) is 11.4. The maximum absolute atomic E-state index is 11.4. The van der Waals surface area contributed by atoms with Crippen molar-refractivity contribution in [2.45, 2.75) is 6.42 Å². The summed E-state index contributed by atoms with van der Waals surface area (Å²) in [6.45, 7) is 0.800. The Morgan fingerprint density at radius 1 is 1.53 bits per heavy atom. The van der Waals surface area contributed by atoms with E-state index in [2.05, 4.69) is 5.32 Å². The quantitative estimate of drug-likeness (QED) is 0.746. The molecule has 1 N–H and O–H groups in total. The van der Waals surface area contributed by atoms with Crippen LogP contribution >= 0.6 is 0 Å². The fourth-order valence-corrected chi connectivity index (χ4v) is 1.63. The molecule has 0 fully saturated rings. The highest BCUT2D eigenvalue weighted by Gasteiger charge is 2.10. The Bertz CT molecular complexity index is 453. The smallest absolute Gasteiger partial charge is 0.254 e. The molecule has 0 aliphatic carbocycles. The molecular weight excluding hydrogens is 244 g/mol. The molecule has 7 heteroatoms. The van der Waals surface area contributed by atoms with Gasteiger partial charge in [-0.2, -0.15) is 0 Å². The van der Waals surface area contributed by atoms with Gasteiger partial charge in [-0.15, -0.1) is 0 Å². The number of carbonyl (C=O) groups excluding carboxylic acids is 1. The van der Waals surface area contributed by atoms with E-state index in [0.717, 1.165) is 6.26 Å². The Balaban J connectivity index is 2.23. The Kier molecular flexibility index (Phi) is 4.71. The fraction of sp³-hybridized carbons (Fsp3) is 0.500. The molecule has 0 unspecified atom stereocenters. The highest BCUT2D eigenvalue weighted by molar-refractivity contribution is 7.88. The summed E-state index contributed by atoms with van der Waals surface area (Å²) in [5, 5.41) is 2.67. The van der Waals surface area contributed by atoms with Crippen LogP contribution in [0.2, 0.25) is 0 Å². The number of hydrogen-bond donors (Lipinski definition) is 1. The largest absolute Gasteiger partial charge is 0.472 e. The molecule has 17 heavy (non-hydrogen) atoms. The summed E-state index contributed by atoms with van der Waals surface area (Å²) in [6, 6.07) is 1.57. The van der Waals surface area contributed by atoms with Gasteiger partial charge in [0.25, 0.3) is 5.91 Å². The Morgan fingerprint density at radius 3 is 2.76 bits per heavy atom. The normalized spacial score (nSPS) is 11.7. The predicted molar refractivity (Wildman–Crippen MR) is 63.1 cm³/mol. The van der Waals surface area contributed by atoms with E-state index in [4.69, 9.17) is 4.42 Å². The highest BCUT2D eigenvalue weighted by atomic mass is 32.2. The van der Waals surface area contributed by atoms with Crippen LogP contribution in [-0.4, -0.2) is 45.0 Å². The lowest BCUT2D eigenvalue weighted by Gasteiger charge is -2.13. The van der Waals surface area contributed by atoms with Crippen molar-refractivity contribution in [3.63, 3.8) is 0 Å². The zero-order valence-corrected chi connectivity index (χ0v) is 10.7. The minimum atomic E-state index is -3.14. The van der Waals surface area contributed by atoms with Gasteiger partial charge in [-0.05, 0) is 12.5 Å². The van der Waals surface area contributed by atoms with Crippen molar-refractivity contribution in [1.82, 2.24) is 9.62 Å². The fourth-order valence-electron chi connectivity index (χ4n) is 1.17. The van der Waals surface area contributed by atoms with E-state index in [-0.39, 0.29) is 5.91 Å². The molecular formula is C10H16N2O4S. The molecule has 0 spiro atoms. The van der Waals surface area contributed by atoms with Crippen LogP contribution in [0.1, 0.15) is 16.8 Å². The zero-order valence-electron chi connectivity index (χ0n) is 9.84. The number of amides is 1. The van der Waals surface area contributed by atoms with Crippen LogP contribution in [0.25, 0.3) is 0 Å². The van der Waals surface area contributed by atoms with Crippen LogP contribution in [0, 0.1) is 0 Å². The van der Waals surface area contributed by atoms with E-state index in [1.807, 2.05) is 0 Å². The Hall–Kier alpha value is -1.34. The van der Waals surface area contributed by atoms with Crippen LogP contribution in [0.15, 0.2) is 23.0 Å². The Morgan fingerprint density at radius 2 is 2.24 bits per heavy atom. The first kappa shape index (κ1) is 13.7. The lowest BCUT2D eigenvalue weighted by molar-refractivity contribution is 0.0952. The van der Waals surface area contributed by atoms with Crippen molar-refractivity contribution in [2.75, 3.05) is 26.4 Å². The highest BCUT2D eigenvalue weighted by Crippen LogP contribution is 1.99. The third-order valence-electron chi connectivity index (χ3n) is 2.28. The van der Waals surface area contributed by atoms with Gasteiger partial charge < -0.3 is 9.73 Å². The molecule has 0 aliphatic heterocycles. The molecule has 0 aliphatic rings. The number of carbonyl (C=O) groups is 1. The summed E-state index contributed by atoms with van der Waals surface area (Å²) in [6.07, 6.45) is 4.49. The number of hydrogen-bond acceptors (Lipinski definition) is 4. The van der Waals surface area contributed by atoms with Gasteiger partial charge in [0.2, 0.25) is 10.0 Å². The molecule has 0 aromatic carbocycles. The summed E-state index contributed by atoms with van der Waals surface area (Å²) in [7, 11) is -1.63. The number of nitrogens with zero attached hydrogens (tertiary/aromatic N) is 1. The number of furan rings is 1. The van der Waals surface area contributed by atoms with Crippen LogP contribution in [0.4, 0.5) is 0 Å². The van der Waals surface area contributed by atoms with Gasteiger partial charge in [-0.1, -0.05) is 0 Å². The lowest BCUT2D eigenvalue weighted by atomic mass is 10.3. The van der Waals surface area contributed by atoms with Crippen LogP contribution in [0.3, 0.4) is 0 Å². The zero-order chi connectivity index (χ0) is 12.9. The van der Waals surface area contributed by atoms with Gasteiger partial charge in [0.15, 0.2) is 0 Å². The van der Waals surface area contributed by atoms with E-state index >= 15 is 0 Å². The van der Waals surface area contributed by atoms with E-state index < -0.39 is 10.0 Å². The molecule has 6 nitrogen and oxygen atoms in total. The number of nitrogens with one attached hydrogen (secondary N) is 1. The molecule has 0 atom stereocenters. The first-order valence-electron chi connectivity index (χ1n) is 5.13. The first-order valence-corrected chi connectivity index (χ1v) is 6.98. The lowest BCUT2D eigenvalue weighted by Crippen LogP contribution is -2.30. The van der Waals surface area contributed by atoms with Crippen molar-refractivity contribution in [3.05, 3.63) is 24.2 Å². The van der Waals surface area contributed by atoms with Gasteiger partial charge in [-0.25, -0.2) is 12.7 Å². The number of sulfonamides is 1. The minimum Gasteiger partial charge on any atom is -0.472 e. The third kappa shape index (κ3) is 4.58. The standard InChI is InChI=1S/C10H16N2O4S/c1-12(17(2,14)15)6-3-5-11-10(13)9-4-7-16-8-9/h4,7-8H,3,5-6H2,1-2H3,(H,11,13). The third-order valence-corrected chi connectivity index (χ3v) is 3.60. The van der Waals surface area contributed by atoms with Gasteiger partial charge in [0, 0.05) is 20.1 Å².